The van der Waals surface area contributed by atoms with Crippen LogP contribution < -0.4 is 0 Å². The van der Waals surface area contributed by atoms with E-state index in [0.29, 0.717) is 0 Å². The van der Waals surface area contributed by atoms with Crippen LogP contribution in [0.5, 0.6) is 0 Å². The predicted octanol–water partition coefficient (Wildman–Crippen LogP) is 3.42. The average molecular weight is 481 g/mol. The second-order valence-corrected chi connectivity index (χ2v) is 15.1. The first-order chi connectivity index (χ1) is 15.8. The van der Waals surface area contributed by atoms with E-state index in [1.165, 1.54) is 0 Å². The highest BCUT2D eigenvalue weighted by Crippen LogP contribution is 2.92. The van der Waals surface area contributed by atoms with E-state index < -0.39 is 41.4 Å². The molecule has 5 nitrogen and oxygen atoms in total. The summed E-state index contributed by atoms with van der Waals surface area (Å²) in [6.45, 7) is 0. The summed E-state index contributed by atoms with van der Waals surface area (Å²) in [5.74, 6) is -0.153. The van der Waals surface area contributed by atoms with E-state index in [1.54, 1.807) is 60.7 Å². The molecule has 2 aromatic carbocycles. The molecule has 0 radical (unpaired) electrons. The zero-order chi connectivity index (χ0) is 22.4. The van der Waals surface area contributed by atoms with Crippen LogP contribution in [0.15, 0.2) is 82.6 Å². The van der Waals surface area contributed by atoms with Crippen molar-refractivity contribution in [2.24, 2.45) is 29.1 Å². The summed E-state index contributed by atoms with van der Waals surface area (Å²) < 4.78 is 63.6. The van der Waals surface area contributed by atoms with Crippen molar-refractivity contribution in [3.8, 4) is 0 Å². The van der Waals surface area contributed by atoms with Gasteiger partial charge in [-0.2, -0.15) is 0 Å². The van der Waals surface area contributed by atoms with E-state index in [9.17, 15) is 16.8 Å². The van der Waals surface area contributed by atoms with Gasteiger partial charge in [0.2, 0.25) is 0 Å². The molecule has 0 N–H and O–H groups in total. The van der Waals surface area contributed by atoms with Gasteiger partial charge in [0.05, 0.1) is 20.3 Å². The third-order valence-electron chi connectivity index (χ3n) is 9.92. The number of ether oxygens (including phenoxy) is 1. The smallest absolute Gasteiger partial charge is 0.182 e. The van der Waals surface area contributed by atoms with Crippen LogP contribution in [-0.2, 0) is 24.4 Å². The van der Waals surface area contributed by atoms with Crippen molar-refractivity contribution in [3.05, 3.63) is 72.8 Å². The van der Waals surface area contributed by atoms with Gasteiger partial charge < -0.3 is 4.74 Å². The van der Waals surface area contributed by atoms with Gasteiger partial charge in [-0.1, -0.05) is 48.6 Å². The standard InChI is InChI=1S/C26H24O5S2/c27-32(28,18-7-3-1-4-8-18)20-21(33(29,30)19-9-5-2-6-10-19)23-24(13-14-24)22(20)25-16-11-12-17(15-16)26(23,25)31-25/h1-12,16-17,20-23H,13-15H2/t16-,17-,20-,21+,22-,23+,25-,26+/m0/s1. The highest BCUT2D eigenvalue weighted by atomic mass is 32.2. The van der Waals surface area contributed by atoms with Gasteiger partial charge in [0, 0.05) is 23.7 Å². The Bertz CT molecular complexity index is 1340. The molecule has 4 bridgehead atoms. The van der Waals surface area contributed by atoms with Crippen molar-refractivity contribution >= 4 is 19.7 Å². The number of epoxide rings is 1. The molecule has 1 saturated heterocycles. The molecule has 0 unspecified atom stereocenters. The molecule has 6 aliphatic rings. The number of fused-ring (bicyclic) bond motifs is 2. The lowest BCUT2D eigenvalue weighted by atomic mass is 9.73. The van der Waals surface area contributed by atoms with E-state index in [4.69, 9.17) is 4.74 Å². The van der Waals surface area contributed by atoms with Crippen LogP contribution in [0.4, 0.5) is 0 Å². The normalized spacial score (nSPS) is 44.7. The molecule has 4 saturated carbocycles. The Morgan fingerprint density at radius 3 is 1.48 bits per heavy atom. The fraction of sp³-hybridized carbons (Fsp3) is 0.462. The zero-order valence-corrected chi connectivity index (χ0v) is 19.5. The maximum Gasteiger partial charge on any atom is 0.182 e. The van der Waals surface area contributed by atoms with E-state index in [0.717, 1.165) is 19.3 Å². The number of sulfone groups is 2. The maximum atomic E-state index is 14.2. The summed E-state index contributed by atoms with van der Waals surface area (Å²) >= 11 is 0. The Hall–Kier alpha value is -1.96. The van der Waals surface area contributed by atoms with Crippen LogP contribution in [0.2, 0.25) is 0 Å². The van der Waals surface area contributed by atoms with E-state index in [-0.39, 0.29) is 38.9 Å². The molecule has 8 rings (SSSR count). The van der Waals surface area contributed by atoms with Gasteiger partial charge in [-0.25, -0.2) is 16.8 Å². The Labute approximate surface area is 193 Å². The number of hydrogen-bond donors (Lipinski definition) is 0. The van der Waals surface area contributed by atoms with Crippen molar-refractivity contribution in [1.82, 2.24) is 0 Å². The van der Waals surface area contributed by atoms with Gasteiger partial charge >= 0.3 is 0 Å². The lowest BCUT2D eigenvalue weighted by Crippen LogP contribution is -2.54. The van der Waals surface area contributed by atoms with Crippen molar-refractivity contribution in [1.29, 1.82) is 0 Å². The summed E-state index contributed by atoms with van der Waals surface area (Å²) in [5, 5.41) is -1.97. The molecule has 1 heterocycles. The van der Waals surface area contributed by atoms with Crippen LogP contribution in [0.25, 0.3) is 0 Å². The van der Waals surface area contributed by atoms with E-state index in [1.807, 2.05) is 0 Å². The van der Waals surface area contributed by atoms with Gasteiger partial charge in [0.1, 0.15) is 11.2 Å². The van der Waals surface area contributed by atoms with Gasteiger partial charge in [-0.05, 0) is 48.9 Å². The quantitative estimate of drug-likeness (QED) is 0.495. The second-order valence-electron chi connectivity index (χ2n) is 10.9. The average Bonchev–Trinajstić information content (AvgIpc) is 3.60. The number of rotatable bonds is 4. The first-order valence-electron chi connectivity index (χ1n) is 11.8. The van der Waals surface area contributed by atoms with Gasteiger partial charge in [-0.15, -0.1) is 0 Å². The summed E-state index contributed by atoms with van der Waals surface area (Å²) in [7, 11) is -7.79. The molecular weight excluding hydrogens is 456 g/mol. The highest BCUT2D eigenvalue weighted by molar-refractivity contribution is 7.96. The molecule has 0 amide bonds. The summed E-state index contributed by atoms with van der Waals surface area (Å²) in [5.41, 5.74) is -1.23. The van der Waals surface area contributed by atoms with Crippen molar-refractivity contribution in [2.45, 2.75) is 50.8 Å². The van der Waals surface area contributed by atoms with Crippen LogP contribution in [0.3, 0.4) is 0 Å². The molecule has 1 spiro atoms. The maximum absolute atomic E-state index is 14.2. The van der Waals surface area contributed by atoms with Crippen LogP contribution in [0, 0.1) is 29.1 Å². The summed E-state index contributed by atoms with van der Waals surface area (Å²) in [4.78, 5) is 0.431. The van der Waals surface area contributed by atoms with E-state index >= 15 is 0 Å². The van der Waals surface area contributed by atoms with Crippen LogP contribution in [-0.4, -0.2) is 38.5 Å². The molecule has 7 heteroatoms. The molecular formula is C26H24O5S2. The largest absolute Gasteiger partial charge is 0.360 e. The molecule has 8 atom stereocenters. The van der Waals surface area contributed by atoms with Crippen LogP contribution >= 0.6 is 0 Å². The third kappa shape index (κ3) is 1.85. The molecule has 1 aliphatic heterocycles. The van der Waals surface area contributed by atoms with Gasteiger partial charge in [-0.3, -0.25) is 0 Å². The monoisotopic (exact) mass is 480 g/mol. The summed E-state index contributed by atoms with van der Waals surface area (Å²) in [6.07, 6.45) is 7.17. The lowest BCUT2D eigenvalue weighted by molar-refractivity contribution is 0.0482. The highest BCUT2D eigenvalue weighted by Gasteiger charge is 3.01. The SMILES string of the molecule is O=S(=O)(c1ccccc1)[C@@H]1[C@H](S(=O)(=O)c2ccccc2)[C@H]2C3(CC3)[C@@H]1[C@@]13O[C@@]21[C@H]1C=C[C@H]3C1. The molecule has 170 valence electrons. The zero-order valence-electron chi connectivity index (χ0n) is 17.9. The third-order valence-corrected chi connectivity index (χ3v) is 14.5. The van der Waals surface area contributed by atoms with Crippen molar-refractivity contribution in [2.75, 3.05) is 0 Å². The van der Waals surface area contributed by atoms with Crippen molar-refractivity contribution < 1.29 is 21.6 Å². The second kappa shape index (κ2) is 5.47. The minimum atomic E-state index is -3.89. The number of benzene rings is 2. The Balaban J connectivity index is 1.40. The minimum absolute atomic E-state index is 0.198. The molecule has 0 aromatic heterocycles. The van der Waals surface area contributed by atoms with Crippen molar-refractivity contribution in [3.63, 3.8) is 0 Å². The molecule has 33 heavy (non-hydrogen) atoms. The van der Waals surface area contributed by atoms with Crippen LogP contribution in [0.1, 0.15) is 19.3 Å². The molecule has 2 aromatic rings. The summed E-state index contributed by atoms with van der Waals surface area (Å²) in [6, 6.07) is 16.8. The van der Waals surface area contributed by atoms with Gasteiger partial charge in [0.15, 0.2) is 19.7 Å². The lowest BCUT2D eigenvalue weighted by Gasteiger charge is -2.36. The Kier molecular flexibility index (Phi) is 3.21. The molecule has 5 fully saturated rings. The fourth-order valence-electron chi connectivity index (χ4n) is 8.98. The fourth-order valence-corrected chi connectivity index (χ4v) is 14.2. The predicted molar refractivity (Wildman–Crippen MR) is 121 cm³/mol. The first-order valence-corrected chi connectivity index (χ1v) is 14.9. The number of hydrogen-bond acceptors (Lipinski definition) is 5. The topological polar surface area (TPSA) is 80.8 Å². The van der Waals surface area contributed by atoms with E-state index in [2.05, 4.69) is 12.2 Å². The Morgan fingerprint density at radius 1 is 0.667 bits per heavy atom. The minimum Gasteiger partial charge on any atom is -0.360 e. The van der Waals surface area contributed by atoms with Gasteiger partial charge in [0.25, 0.3) is 0 Å². The first kappa shape index (κ1) is 19.4. The Morgan fingerprint density at radius 2 is 1.09 bits per heavy atom. The molecule has 5 aliphatic carbocycles.